The number of hydrogen-bond donors (Lipinski definition) is 2. The lowest BCUT2D eigenvalue weighted by molar-refractivity contribution is -0.105. The van der Waals surface area contributed by atoms with Crippen molar-refractivity contribution in [1.82, 2.24) is 0 Å². The van der Waals surface area contributed by atoms with Crippen LogP contribution in [0, 0.1) is 5.92 Å². The van der Waals surface area contributed by atoms with Gasteiger partial charge in [0.2, 0.25) is 0 Å². The third kappa shape index (κ3) is 2.42. The van der Waals surface area contributed by atoms with E-state index in [1.165, 1.54) is 6.42 Å². The zero-order valence-electron chi connectivity index (χ0n) is 8.62. The maximum absolute atomic E-state index is 9.79. The summed E-state index contributed by atoms with van der Waals surface area (Å²) in [6.07, 6.45) is 3.81. The Labute approximate surface area is 80.3 Å². The van der Waals surface area contributed by atoms with Gasteiger partial charge in [-0.2, -0.15) is 0 Å². The van der Waals surface area contributed by atoms with E-state index in [4.69, 9.17) is 10.5 Å². The van der Waals surface area contributed by atoms with Gasteiger partial charge in [-0.25, -0.2) is 0 Å². The van der Waals surface area contributed by atoms with E-state index < -0.39 is 0 Å². The van der Waals surface area contributed by atoms with Crippen LogP contribution in [0.3, 0.4) is 0 Å². The molecule has 0 aliphatic heterocycles. The first kappa shape index (κ1) is 11.0. The van der Waals surface area contributed by atoms with Crippen molar-refractivity contribution in [2.75, 3.05) is 13.7 Å². The SMILES string of the molecule is COC1(CC(O)C(C)CN)CCC1. The molecule has 0 bridgehead atoms. The molecule has 0 spiro atoms. The van der Waals surface area contributed by atoms with Crippen LogP contribution in [-0.2, 0) is 4.74 Å². The molecule has 78 valence electrons. The highest BCUT2D eigenvalue weighted by atomic mass is 16.5. The van der Waals surface area contributed by atoms with Crippen LogP contribution in [0.2, 0.25) is 0 Å². The second-order valence-electron chi connectivity index (χ2n) is 4.23. The van der Waals surface area contributed by atoms with E-state index in [1.807, 2.05) is 6.92 Å². The first-order valence-corrected chi connectivity index (χ1v) is 5.07. The summed E-state index contributed by atoms with van der Waals surface area (Å²) in [6.45, 7) is 2.52. The Morgan fingerprint density at radius 3 is 2.46 bits per heavy atom. The minimum absolute atomic E-state index is 0.0388. The summed E-state index contributed by atoms with van der Waals surface area (Å²) >= 11 is 0. The molecule has 0 aromatic rings. The van der Waals surface area contributed by atoms with Crippen LogP contribution in [-0.4, -0.2) is 30.5 Å². The molecule has 1 fully saturated rings. The standard InChI is InChI=1S/C10H21NO2/c1-8(7-11)9(12)6-10(13-2)4-3-5-10/h8-9,12H,3-7,11H2,1-2H3. The van der Waals surface area contributed by atoms with Gasteiger partial charge < -0.3 is 15.6 Å². The van der Waals surface area contributed by atoms with Crippen LogP contribution >= 0.6 is 0 Å². The molecule has 0 heterocycles. The summed E-state index contributed by atoms with van der Waals surface area (Å²) in [5, 5.41) is 9.79. The van der Waals surface area contributed by atoms with Gasteiger partial charge >= 0.3 is 0 Å². The molecular weight excluding hydrogens is 166 g/mol. The van der Waals surface area contributed by atoms with E-state index >= 15 is 0 Å². The van der Waals surface area contributed by atoms with Crippen LogP contribution in [0.1, 0.15) is 32.6 Å². The van der Waals surface area contributed by atoms with Crippen LogP contribution < -0.4 is 5.73 Å². The maximum Gasteiger partial charge on any atom is 0.0703 e. The summed E-state index contributed by atoms with van der Waals surface area (Å²) < 4.78 is 5.44. The predicted molar refractivity (Wildman–Crippen MR) is 52.4 cm³/mol. The van der Waals surface area contributed by atoms with Crippen molar-refractivity contribution < 1.29 is 9.84 Å². The maximum atomic E-state index is 9.79. The molecule has 0 saturated heterocycles. The Bertz CT molecular complexity index is 151. The topological polar surface area (TPSA) is 55.5 Å². The minimum Gasteiger partial charge on any atom is -0.393 e. The van der Waals surface area contributed by atoms with Crippen molar-refractivity contribution in [3.63, 3.8) is 0 Å². The lowest BCUT2D eigenvalue weighted by atomic mass is 9.74. The third-order valence-corrected chi connectivity index (χ3v) is 3.31. The fraction of sp³-hybridized carbons (Fsp3) is 1.00. The average Bonchev–Trinajstić information content (AvgIpc) is 2.09. The molecule has 0 aromatic carbocycles. The predicted octanol–water partition coefficient (Wildman–Crippen LogP) is 0.901. The molecule has 1 aliphatic carbocycles. The smallest absolute Gasteiger partial charge is 0.0703 e. The van der Waals surface area contributed by atoms with Crippen molar-refractivity contribution in [3.8, 4) is 0 Å². The van der Waals surface area contributed by atoms with Crippen molar-refractivity contribution in [2.24, 2.45) is 11.7 Å². The van der Waals surface area contributed by atoms with Crippen molar-refractivity contribution in [3.05, 3.63) is 0 Å². The molecule has 2 atom stereocenters. The van der Waals surface area contributed by atoms with E-state index in [1.54, 1.807) is 7.11 Å². The Morgan fingerprint density at radius 2 is 2.15 bits per heavy atom. The lowest BCUT2D eigenvalue weighted by Gasteiger charge is -2.42. The number of methoxy groups -OCH3 is 1. The molecule has 2 unspecified atom stereocenters. The Kier molecular flexibility index (Phi) is 3.71. The van der Waals surface area contributed by atoms with Crippen molar-refractivity contribution in [1.29, 1.82) is 0 Å². The van der Waals surface area contributed by atoms with Crippen LogP contribution in [0.4, 0.5) is 0 Å². The highest BCUT2D eigenvalue weighted by Crippen LogP contribution is 2.39. The summed E-state index contributed by atoms with van der Waals surface area (Å²) in [5.41, 5.74) is 5.45. The normalized spacial score (nSPS) is 24.9. The van der Waals surface area contributed by atoms with Gasteiger partial charge in [-0.05, 0) is 31.7 Å². The fourth-order valence-electron chi connectivity index (χ4n) is 1.80. The molecule has 0 radical (unpaired) electrons. The molecule has 0 aromatic heterocycles. The Hall–Kier alpha value is -0.120. The highest BCUT2D eigenvalue weighted by molar-refractivity contribution is 4.92. The van der Waals surface area contributed by atoms with E-state index in [-0.39, 0.29) is 17.6 Å². The quantitative estimate of drug-likeness (QED) is 0.672. The van der Waals surface area contributed by atoms with Crippen molar-refractivity contribution in [2.45, 2.75) is 44.3 Å². The van der Waals surface area contributed by atoms with E-state index in [9.17, 15) is 5.11 Å². The van der Waals surface area contributed by atoms with E-state index in [0.717, 1.165) is 19.3 Å². The van der Waals surface area contributed by atoms with Gasteiger partial charge in [0.05, 0.1) is 11.7 Å². The first-order valence-electron chi connectivity index (χ1n) is 5.07. The van der Waals surface area contributed by atoms with Crippen molar-refractivity contribution >= 4 is 0 Å². The number of aliphatic hydroxyl groups excluding tert-OH is 1. The highest BCUT2D eigenvalue weighted by Gasteiger charge is 2.39. The van der Waals surface area contributed by atoms with E-state index in [0.29, 0.717) is 6.54 Å². The van der Waals surface area contributed by atoms with Gasteiger partial charge in [0.1, 0.15) is 0 Å². The van der Waals surface area contributed by atoms with Crippen LogP contribution in [0.5, 0.6) is 0 Å². The van der Waals surface area contributed by atoms with Gasteiger partial charge in [0.15, 0.2) is 0 Å². The zero-order chi connectivity index (χ0) is 9.90. The lowest BCUT2D eigenvalue weighted by Crippen LogP contribution is -2.44. The molecule has 3 nitrogen and oxygen atoms in total. The van der Waals surface area contributed by atoms with Gasteiger partial charge in [-0.3, -0.25) is 0 Å². The average molecular weight is 187 g/mol. The van der Waals surface area contributed by atoms with Crippen LogP contribution in [0.25, 0.3) is 0 Å². The number of ether oxygens (including phenoxy) is 1. The molecule has 1 rings (SSSR count). The van der Waals surface area contributed by atoms with Crippen LogP contribution in [0.15, 0.2) is 0 Å². The second kappa shape index (κ2) is 4.40. The summed E-state index contributed by atoms with van der Waals surface area (Å²) in [6, 6.07) is 0. The summed E-state index contributed by atoms with van der Waals surface area (Å²) in [5.74, 6) is 0.174. The summed E-state index contributed by atoms with van der Waals surface area (Å²) in [7, 11) is 1.74. The van der Waals surface area contributed by atoms with E-state index in [2.05, 4.69) is 0 Å². The monoisotopic (exact) mass is 187 g/mol. The van der Waals surface area contributed by atoms with Gasteiger partial charge in [0.25, 0.3) is 0 Å². The third-order valence-electron chi connectivity index (χ3n) is 3.31. The van der Waals surface area contributed by atoms with Gasteiger partial charge in [-0.1, -0.05) is 6.92 Å². The van der Waals surface area contributed by atoms with Gasteiger partial charge in [-0.15, -0.1) is 0 Å². The molecule has 1 saturated carbocycles. The number of rotatable bonds is 5. The number of nitrogens with two attached hydrogens (primary N) is 1. The fourth-order valence-corrected chi connectivity index (χ4v) is 1.80. The largest absolute Gasteiger partial charge is 0.393 e. The molecule has 3 heteroatoms. The Balaban J connectivity index is 2.37. The molecule has 3 N–H and O–H groups in total. The number of aliphatic hydroxyl groups is 1. The molecule has 0 amide bonds. The molecule has 1 aliphatic rings. The molecular formula is C10H21NO2. The zero-order valence-corrected chi connectivity index (χ0v) is 8.62. The van der Waals surface area contributed by atoms with Gasteiger partial charge in [0, 0.05) is 13.5 Å². The second-order valence-corrected chi connectivity index (χ2v) is 4.23. The summed E-state index contributed by atoms with van der Waals surface area (Å²) in [4.78, 5) is 0. The minimum atomic E-state index is -0.315. The number of hydrogen-bond acceptors (Lipinski definition) is 3. The Morgan fingerprint density at radius 1 is 1.54 bits per heavy atom. The molecule has 13 heavy (non-hydrogen) atoms. The first-order chi connectivity index (χ1) is 6.13.